The first-order valence-electron chi connectivity index (χ1n) is 4.68. The minimum absolute atomic E-state index is 0.105. The second kappa shape index (κ2) is 4.50. The Morgan fingerprint density at radius 1 is 1.41 bits per heavy atom. The zero-order valence-corrected chi connectivity index (χ0v) is 10.3. The highest BCUT2D eigenvalue weighted by Crippen LogP contribution is 2.30. The van der Waals surface area contributed by atoms with Gasteiger partial charge in [0, 0.05) is 12.6 Å². The van der Waals surface area contributed by atoms with Crippen molar-refractivity contribution in [1.29, 1.82) is 0 Å². The molecule has 0 saturated heterocycles. The number of hydrogen-bond acceptors (Lipinski definition) is 3. The third kappa shape index (κ3) is 2.07. The van der Waals surface area contributed by atoms with Gasteiger partial charge in [-0.2, -0.15) is 0 Å². The zero-order chi connectivity index (χ0) is 12.6. The summed E-state index contributed by atoms with van der Waals surface area (Å²) in [5.41, 5.74) is 0.603. The number of aliphatic hydroxyl groups excluding tert-OH is 1. The van der Waals surface area contributed by atoms with E-state index in [0.717, 1.165) is 6.07 Å². The number of aliphatic hydroxyl groups is 1. The van der Waals surface area contributed by atoms with Crippen LogP contribution in [-0.2, 0) is 7.05 Å². The molecule has 1 heterocycles. The van der Waals surface area contributed by atoms with Crippen molar-refractivity contribution in [2.75, 3.05) is 0 Å². The summed E-state index contributed by atoms with van der Waals surface area (Å²) in [4.78, 5) is 0. The summed E-state index contributed by atoms with van der Waals surface area (Å²) in [6.45, 7) is 0. The zero-order valence-electron chi connectivity index (χ0n) is 8.73. The summed E-state index contributed by atoms with van der Waals surface area (Å²) in [6.07, 6.45) is 0.234. The predicted molar refractivity (Wildman–Crippen MR) is 59.1 cm³/mol. The van der Waals surface area contributed by atoms with E-state index in [-0.39, 0.29) is 10.0 Å². The maximum atomic E-state index is 13.3. The van der Waals surface area contributed by atoms with E-state index in [4.69, 9.17) is 0 Å². The Hall–Kier alpha value is -1.34. The lowest BCUT2D eigenvalue weighted by Crippen LogP contribution is -2.08. The average molecular weight is 304 g/mol. The van der Waals surface area contributed by atoms with Crippen molar-refractivity contribution in [1.82, 2.24) is 15.0 Å². The molecule has 4 nitrogen and oxygen atoms in total. The molecule has 17 heavy (non-hydrogen) atoms. The van der Waals surface area contributed by atoms with Gasteiger partial charge in [0.25, 0.3) is 0 Å². The van der Waals surface area contributed by atoms with Crippen LogP contribution < -0.4 is 0 Å². The van der Waals surface area contributed by atoms with E-state index < -0.39 is 17.7 Å². The van der Waals surface area contributed by atoms with Gasteiger partial charge in [-0.1, -0.05) is 11.3 Å². The van der Waals surface area contributed by atoms with Gasteiger partial charge in [0.1, 0.15) is 6.10 Å². The smallest absolute Gasteiger partial charge is 0.173 e. The van der Waals surface area contributed by atoms with Gasteiger partial charge >= 0.3 is 0 Å². The molecule has 1 unspecified atom stereocenters. The lowest BCUT2D eigenvalue weighted by Gasteiger charge is -2.13. The first-order valence-corrected chi connectivity index (χ1v) is 5.47. The van der Waals surface area contributed by atoms with E-state index >= 15 is 0 Å². The first kappa shape index (κ1) is 12.1. The number of benzene rings is 1. The predicted octanol–water partition coefficient (Wildman–Crippen LogP) is 1.94. The van der Waals surface area contributed by atoms with Gasteiger partial charge < -0.3 is 5.11 Å². The summed E-state index contributed by atoms with van der Waals surface area (Å²) in [7, 11) is 1.60. The van der Waals surface area contributed by atoms with Crippen molar-refractivity contribution >= 4 is 15.9 Å². The number of halogens is 3. The maximum Gasteiger partial charge on any atom is 0.173 e. The molecule has 7 heteroatoms. The van der Waals surface area contributed by atoms with E-state index in [1.165, 1.54) is 16.9 Å². The minimum atomic E-state index is -1.13. The van der Waals surface area contributed by atoms with E-state index in [1.807, 2.05) is 0 Å². The van der Waals surface area contributed by atoms with Crippen molar-refractivity contribution < 1.29 is 13.9 Å². The number of hydrogen-bond donors (Lipinski definition) is 1. The number of rotatable bonds is 2. The molecule has 0 aliphatic rings. The topological polar surface area (TPSA) is 50.9 Å². The number of aromatic nitrogens is 3. The van der Waals surface area contributed by atoms with Crippen LogP contribution in [-0.4, -0.2) is 20.1 Å². The molecule has 2 rings (SSSR count). The molecule has 1 N–H and O–H groups in total. The Morgan fingerprint density at radius 3 is 2.71 bits per heavy atom. The molecule has 0 bridgehead atoms. The highest BCUT2D eigenvalue weighted by atomic mass is 79.9. The van der Waals surface area contributed by atoms with Gasteiger partial charge in [-0.25, -0.2) is 13.5 Å². The van der Waals surface area contributed by atoms with Gasteiger partial charge in [0.05, 0.1) is 16.4 Å². The van der Waals surface area contributed by atoms with E-state index in [1.54, 1.807) is 7.05 Å². The molecular weight excluding hydrogens is 296 g/mol. The molecule has 1 aromatic heterocycles. The largest absolute Gasteiger partial charge is 0.382 e. The van der Waals surface area contributed by atoms with Crippen LogP contribution in [0.3, 0.4) is 0 Å². The van der Waals surface area contributed by atoms with Crippen molar-refractivity contribution in [3.63, 3.8) is 0 Å². The fourth-order valence-corrected chi connectivity index (χ4v) is 1.99. The highest BCUT2D eigenvalue weighted by Gasteiger charge is 2.21. The lowest BCUT2D eigenvalue weighted by atomic mass is 10.1. The summed E-state index contributed by atoms with van der Waals surface area (Å²) in [5, 5.41) is 17.3. The van der Waals surface area contributed by atoms with E-state index in [2.05, 4.69) is 26.2 Å². The SMILES string of the molecule is Cn1nncc1C(O)c1ccc(F)c(F)c1Br. The summed E-state index contributed by atoms with van der Waals surface area (Å²) in [5.74, 6) is -2.01. The van der Waals surface area contributed by atoms with Crippen molar-refractivity contribution in [3.05, 3.63) is 45.7 Å². The molecule has 0 fully saturated rings. The average Bonchev–Trinajstić information content (AvgIpc) is 2.72. The molecule has 1 aromatic carbocycles. The van der Waals surface area contributed by atoms with Crippen LogP contribution >= 0.6 is 15.9 Å². The fraction of sp³-hybridized carbons (Fsp3) is 0.200. The molecule has 0 aliphatic heterocycles. The van der Waals surface area contributed by atoms with Crippen LogP contribution in [0.15, 0.2) is 22.8 Å². The molecule has 0 radical (unpaired) electrons. The van der Waals surface area contributed by atoms with E-state index in [9.17, 15) is 13.9 Å². The Bertz CT molecular complexity index is 558. The van der Waals surface area contributed by atoms with Crippen LogP contribution in [0.1, 0.15) is 17.4 Å². The highest BCUT2D eigenvalue weighted by molar-refractivity contribution is 9.10. The monoisotopic (exact) mass is 303 g/mol. The van der Waals surface area contributed by atoms with Crippen molar-refractivity contribution in [2.24, 2.45) is 7.05 Å². The maximum absolute atomic E-state index is 13.3. The Labute approximate surface area is 104 Å². The number of nitrogens with zero attached hydrogens (tertiary/aromatic N) is 3. The molecular formula is C10H8BrF2N3O. The van der Waals surface area contributed by atoms with Crippen LogP contribution in [0.4, 0.5) is 8.78 Å². The number of aryl methyl sites for hydroxylation is 1. The Morgan fingerprint density at radius 2 is 2.12 bits per heavy atom. The third-order valence-electron chi connectivity index (χ3n) is 2.39. The summed E-state index contributed by atoms with van der Waals surface area (Å²) < 4.78 is 27.5. The molecule has 0 amide bonds. The third-order valence-corrected chi connectivity index (χ3v) is 3.20. The molecule has 0 saturated carbocycles. The molecule has 0 spiro atoms. The lowest BCUT2D eigenvalue weighted by molar-refractivity contribution is 0.208. The van der Waals surface area contributed by atoms with Gasteiger partial charge in [-0.3, -0.25) is 0 Å². The van der Waals surface area contributed by atoms with Crippen LogP contribution in [0, 0.1) is 11.6 Å². The van der Waals surface area contributed by atoms with Crippen LogP contribution in [0.25, 0.3) is 0 Å². The van der Waals surface area contributed by atoms with Gasteiger partial charge in [0.15, 0.2) is 11.6 Å². The fourth-order valence-electron chi connectivity index (χ4n) is 1.46. The summed E-state index contributed by atoms with van der Waals surface area (Å²) >= 11 is 2.92. The van der Waals surface area contributed by atoms with Crippen LogP contribution in [0.2, 0.25) is 0 Å². The van der Waals surface area contributed by atoms with E-state index in [0.29, 0.717) is 5.69 Å². The Kier molecular flexibility index (Phi) is 3.21. The minimum Gasteiger partial charge on any atom is -0.382 e. The first-order chi connectivity index (χ1) is 8.02. The van der Waals surface area contributed by atoms with Crippen molar-refractivity contribution in [2.45, 2.75) is 6.10 Å². The van der Waals surface area contributed by atoms with Gasteiger partial charge in [-0.15, -0.1) is 5.10 Å². The van der Waals surface area contributed by atoms with Gasteiger partial charge in [0.2, 0.25) is 0 Å². The molecule has 0 aliphatic carbocycles. The van der Waals surface area contributed by atoms with Crippen molar-refractivity contribution in [3.8, 4) is 0 Å². The quantitative estimate of drug-likeness (QED) is 0.863. The standard InChI is InChI=1S/C10H8BrF2N3O/c1-16-7(4-14-15-16)10(17)5-2-3-6(12)9(13)8(5)11/h2-4,10,17H,1H3. The molecule has 90 valence electrons. The summed E-state index contributed by atoms with van der Waals surface area (Å²) in [6, 6.07) is 2.27. The van der Waals surface area contributed by atoms with Crippen LogP contribution in [0.5, 0.6) is 0 Å². The van der Waals surface area contributed by atoms with Gasteiger partial charge in [-0.05, 0) is 22.0 Å². The molecule has 2 aromatic rings. The Balaban J connectivity index is 2.48. The normalized spacial score (nSPS) is 12.8. The second-order valence-electron chi connectivity index (χ2n) is 3.45. The second-order valence-corrected chi connectivity index (χ2v) is 4.24. The molecule has 1 atom stereocenters.